The number of carbonyl (C=O) groups excluding carboxylic acids is 1. The van der Waals surface area contributed by atoms with Gasteiger partial charge in [-0.1, -0.05) is 32.9 Å². The maximum absolute atomic E-state index is 13.3. The summed E-state index contributed by atoms with van der Waals surface area (Å²) in [5, 5.41) is 14.0. The molecule has 2 fully saturated rings. The van der Waals surface area contributed by atoms with Crippen molar-refractivity contribution in [3.8, 4) is 0 Å². The number of benzene rings is 2. The normalized spacial score (nSPS) is 18.8. The van der Waals surface area contributed by atoms with Crippen LogP contribution in [0.25, 0.3) is 0 Å². The molecule has 1 N–H and O–H groups in total. The smallest absolute Gasteiger partial charge is 0.380 e. The molecular weight excluding hydrogens is 535 g/mol. The maximum atomic E-state index is 13.3. The predicted molar refractivity (Wildman–Crippen MR) is 154 cm³/mol. The predicted octanol–water partition coefficient (Wildman–Crippen LogP) is 5.92. The van der Waals surface area contributed by atoms with Crippen LogP contribution in [0.15, 0.2) is 42.5 Å². The van der Waals surface area contributed by atoms with Crippen LogP contribution in [0, 0.1) is 10.1 Å². The quantitative estimate of drug-likeness (QED) is 0.311. The molecule has 8 nitrogen and oxygen atoms in total. The van der Waals surface area contributed by atoms with Crippen LogP contribution >= 0.6 is 0 Å². The highest BCUT2D eigenvalue weighted by Crippen LogP contribution is 2.38. The Balaban J connectivity index is 1.21. The SMILES string of the molecule is CC(C)(C)c1ccc(N2CCCN(CCCC(=O)N3CC[C@H](Nc4ccc([N+](=O)[O-])c(C(F)(F)F)c4)C3)CC2)cc1. The van der Waals surface area contributed by atoms with Crippen LogP contribution in [0.5, 0.6) is 0 Å². The highest BCUT2D eigenvalue weighted by Gasteiger charge is 2.38. The number of hydrogen-bond acceptors (Lipinski definition) is 6. The van der Waals surface area contributed by atoms with Crippen molar-refractivity contribution in [3.05, 3.63) is 63.7 Å². The topological polar surface area (TPSA) is 82.0 Å². The van der Waals surface area contributed by atoms with E-state index in [1.165, 1.54) is 17.3 Å². The van der Waals surface area contributed by atoms with Crippen LogP contribution in [0.4, 0.5) is 30.2 Å². The van der Waals surface area contributed by atoms with E-state index >= 15 is 0 Å². The molecule has 2 aromatic carbocycles. The van der Waals surface area contributed by atoms with Crippen LogP contribution in [-0.2, 0) is 16.4 Å². The summed E-state index contributed by atoms with van der Waals surface area (Å²) in [6, 6.07) is 11.6. The number of nitro benzene ring substituents is 1. The largest absolute Gasteiger partial charge is 0.423 e. The van der Waals surface area contributed by atoms with Gasteiger partial charge in [-0.2, -0.15) is 13.2 Å². The number of hydrogen-bond donors (Lipinski definition) is 1. The van der Waals surface area contributed by atoms with Crippen molar-refractivity contribution in [3.63, 3.8) is 0 Å². The number of nitrogens with zero attached hydrogens (tertiary/aromatic N) is 4. The Labute approximate surface area is 239 Å². The Kier molecular flexibility index (Phi) is 9.46. The first-order valence-corrected chi connectivity index (χ1v) is 14.3. The summed E-state index contributed by atoms with van der Waals surface area (Å²) in [5.41, 5.74) is 0.598. The van der Waals surface area contributed by atoms with E-state index < -0.39 is 22.4 Å². The van der Waals surface area contributed by atoms with Crippen LogP contribution in [0.2, 0.25) is 0 Å². The number of halogens is 3. The fourth-order valence-corrected chi connectivity index (χ4v) is 5.59. The monoisotopic (exact) mass is 575 g/mol. The molecule has 0 radical (unpaired) electrons. The zero-order chi connectivity index (χ0) is 29.8. The molecular formula is C30H40F3N5O3. The van der Waals surface area contributed by atoms with E-state index in [1.54, 1.807) is 4.90 Å². The van der Waals surface area contributed by atoms with Gasteiger partial charge in [0.2, 0.25) is 5.91 Å². The third kappa shape index (κ3) is 8.12. The van der Waals surface area contributed by atoms with Crippen LogP contribution < -0.4 is 10.2 Å². The second-order valence-electron chi connectivity index (χ2n) is 12.0. The van der Waals surface area contributed by atoms with E-state index in [1.807, 2.05) is 0 Å². The van der Waals surface area contributed by atoms with Crippen LogP contribution in [-0.4, -0.2) is 72.5 Å². The number of carbonyl (C=O) groups is 1. The van der Waals surface area contributed by atoms with Crippen molar-refractivity contribution < 1.29 is 22.9 Å². The molecule has 2 heterocycles. The standard InChI is InChI=1S/C30H40F3N5O3/c1-29(2,3)22-7-10-25(11-8-22)36-16-5-15-35(18-19-36)14-4-6-28(39)37-17-13-24(21-37)34-23-9-12-27(38(40)41)26(20-23)30(31,32)33/h7-12,20,24,34H,4-6,13-19,21H2,1-3H3/t24-/m0/s1. The highest BCUT2D eigenvalue weighted by atomic mass is 19.4. The summed E-state index contributed by atoms with van der Waals surface area (Å²) in [5.74, 6) is 0.0457. The van der Waals surface area contributed by atoms with Gasteiger partial charge in [-0.05, 0) is 67.6 Å². The number of rotatable bonds is 8. The van der Waals surface area contributed by atoms with E-state index in [2.05, 4.69) is 60.2 Å². The average Bonchev–Trinajstić information content (AvgIpc) is 3.24. The molecule has 0 aromatic heterocycles. The van der Waals surface area contributed by atoms with Gasteiger partial charge in [0.15, 0.2) is 0 Å². The fraction of sp³-hybridized carbons (Fsp3) is 0.567. The fourth-order valence-electron chi connectivity index (χ4n) is 5.59. The number of nitrogens with one attached hydrogen (secondary N) is 1. The van der Waals surface area contributed by atoms with Crippen molar-refractivity contribution in [2.75, 3.05) is 56.0 Å². The first kappa shape index (κ1) is 30.6. The number of likely N-dealkylation sites (tertiary alicyclic amines) is 1. The first-order chi connectivity index (χ1) is 19.3. The van der Waals surface area contributed by atoms with E-state index in [0.717, 1.165) is 57.7 Å². The Morgan fingerprint density at radius 2 is 1.76 bits per heavy atom. The van der Waals surface area contributed by atoms with Gasteiger partial charge in [0.25, 0.3) is 5.69 Å². The molecule has 0 saturated carbocycles. The highest BCUT2D eigenvalue weighted by molar-refractivity contribution is 5.76. The second kappa shape index (κ2) is 12.7. The van der Waals surface area contributed by atoms with Crippen molar-refractivity contribution in [2.24, 2.45) is 0 Å². The summed E-state index contributed by atoms with van der Waals surface area (Å²) >= 11 is 0. The molecule has 0 aliphatic carbocycles. The van der Waals surface area contributed by atoms with E-state index in [4.69, 9.17) is 0 Å². The Hall–Kier alpha value is -3.34. The third-order valence-electron chi connectivity index (χ3n) is 7.96. The number of amides is 1. The van der Waals surface area contributed by atoms with Gasteiger partial charge in [-0.25, -0.2) is 0 Å². The lowest BCUT2D eigenvalue weighted by molar-refractivity contribution is -0.388. The minimum atomic E-state index is -4.83. The molecule has 0 unspecified atom stereocenters. The Bertz CT molecular complexity index is 1210. The minimum Gasteiger partial charge on any atom is -0.380 e. The minimum absolute atomic E-state index is 0.0457. The lowest BCUT2D eigenvalue weighted by Crippen LogP contribution is -2.33. The molecule has 2 aliphatic heterocycles. The lowest BCUT2D eigenvalue weighted by Gasteiger charge is -2.25. The third-order valence-corrected chi connectivity index (χ3v) is 7.96. The van der Waals surface area contributed by atoms with Crippen molar-refractivity contribution in [1.82, 2.24) is 9.80 Å². The molecule has 1 amide bonds. The molecule has 11 heteroatoms. The zero-order valence-electron chi connectivity index (χ0n) is 24.0. The van der Waals surface area contributed by atoms with Crippen molar-refractivity contribution in [1.29, 1.82) is 0 Å². The van der Waals surface area contributed by atoms with Gasteiger partial charge in [0.05, 0.1) is 4.92 Å². The van der Waals surface area contributed by atoms with E-state index in [9.17, 15) is 28.1 Å². The summed E-state index contributed by atoms with van der Waals surface area (Å²) in [7, 11) is 0. The molecule has 41 heavy (non-hydrogen) atoms. The lowest BCUT2D eigenvalue weighted by atomic mass is 9.87. The first-order valence-electron chi connectivity index (χ1n) is 14.3. The van der Waals surface area contributed by atoms with E-state index in [-0.39, 0.29) is 23.1 Å². The maximum Gasteiger partial charge on any atom is 0.423 e. The van der Waals surface area contributed by atoms with Crippen molar-refractivity contribution in [2.45, 2.75) is 64.1 Å². The molecule has 2 aromatic rings. The van der Waals surface area contributed by atoms with E-state index in [0.29, 0.717) is 25.9 Å². The Morgan fingerprint density at radius 3 is 2.41 bits per heavy atom. The molecule has 1 atom stereocenters. The zero-order valence-corrected chi connectivity index (χ0v) is 24.0. The molecule has 2 saturated heterocycles. The van der Waals surface area contributed by atoms with Gasteiger partial charge in [-0.3, -0.25) is 14.9 Å². The number of alkyl halides is 3. The molecule has 224 valence electrons. The molecule has 2 aliphatic rings. The van der Waals surface area contributed by atoms with Crippen LogP contribution in [0.3, 0.4) is 0 Å². The molecule has 0 spiro atoms. The molecule has 4 rings (SSSR count). The number of anilines is 2. The van der Waals surface area contributed by atoms with Gasteiger partial charge in [-0.15, -0.1) is 0 Å². The van der Waals surface area contributed by atoms with Gasteiger partial charge in [0.1, 0.15) is 5.56 Å². The summed E-state index contributed by atoms with van der Waals surface area (Å²) in [6.45, 7) is 12.3. The summed E-state index contributed by atoms with van der Waals surface area (Å²) < 4.78 is 39.9. The Morgan fingerprint density at radius 1 is 1.02 bits per heavy atom. The number of nitro groups is 1. The molecule has 0 bridgehead atoms. The van der Waals surface area contributed by atoms with Gasteiger partial charge >= 0.3 is 6.18 Å². The second-order valence-corrected chi connectivity index (χ2v) is 12.0. The summed E-state index contributed by atoms with van der Waals surface area (Å²) in [6.07, 6.45) is -1.99. The van der Waals surface area contributed by atoms with Gasteiger partial charge < -0.3 is 20.0 Å². The van der Waals surface area contributed by atoms with Crippen molar-refractivity contribution >= 4 is 23.0 Å². The van der Waals surface area contributed by atoms with Crippen LogP contribution in [0.1, 0.15) is 57.6 Å². The summed E-state index contributed by atoms with van der Waals surface area (Å²) in [4.78, 5) is 29.4. The average molecular weight is 576 g/mol. The van der Waals surface area contributed by atoms with Gasteiger partial charge in [0, 0.05) is 62.6 Å².